The fourth-order valence-corrected chi connectivity index (χ4v) is 5.17. The van der Waals surface area contributed by atoms with Crippen molar-refractivity contribution in [3.63, 3.8) is 0 Å². The second-order valence-corrected chi connectivity index (χ2v) is 8.39. The number of hydroxylamine groups is 2. The molecular formula is C26H28NO3+. The number of rotatable bonds is 5. The Morgan fingerprint density at radius 1 is 1.00 bits per heavy atom. The Morgan fingerprint density at radius 2 is 1.77 bits per heavy atom. The molecule has 154 valence electrons. The molecule has 1 heterocycles. The highest BCUT2D eigenvalue weighted by Crippen LogP contribution is 2.53. The van der Waals surface area contributed by atoms with Gasteiger partial charge in [-0.3, -0.25) is 4.84 Å². The lowest BCUT2D eigenvalue weighted by molar-refractivity contribution is -0.180. The van der Waals surface area contributed by atoms with Crippen LogP contribution in [0.2, 0.25) is 0 Å². The molecule has 2 N–H and O–H groups in total. The second kappa shape index (κ2) is 7.88. The van der Waals surface area contributed by atoms with E-state index in [-0.39, 0.29) is 11.6 Å². The molecule has 0 radical (unpaired) electrons. The zero-order valence-corrected chi connectivity index (χ0v) is 17.3. The average Bonchev–Trinajstić information content (AvgIpc) is 3.30. The highest BCUT2D eigenvalue weighted by Gasteiger charge is 2.58. The van der Waals surface area contributed by atoms with Crippen molar-refractivity contribution in [2.24, 2.45) is 5.92 Å². The van der Waals surface area contributed by atoms with Crippen LogP contribution in [0.25, 0.3) is 11.1 Å². The van der Waals surface area contributed by atoms with Crippen LogP contribution in [0.4, 0.5) is 0 Å². The topological polar surface area (TPSA) is 44.6 Å². The van der Waals surface area contributed by atoms with Gasteiger partial charge in [-0.25, -0.2) is 0 Å². The van der Waals surface area contributed by atoms with Crippen LogP contribution in [0.3, 0.4) is 0 Å². The van der Waals surface area contributed by atoms with Crippen LogP contribution in [0.5, 0.6) is 5.75 Å². The molecule has 0 spiro atoms. The molecule has 0 amide bonds. The maximum absolute atomic E-state index is 8.55. The maximum atomic E-state index is 8.55. The number of nitrogens with zero attached hydrogens (tertiary/aromatic N) is 1. The summed E-state index contributed by atoms with van der Waals surface area (Å²) in [6, 6.07) is 27.4. The van der Waals surface area contributed by atoms with E-state index < -0.39 is 0 Å². The van der Waals surface area contributed by atoms with Crippen LogP contribution < -0.4 is 4.74 Å². The van der Waals surface area contributed by atoms with Gasteiger partial charge in [-0.15, -0.1) is 0 Å². The molecule has 1 aliphatic carbocycles. The Hall–Kier alpha value is -2.66. The lowest BCUT2D eigenvalue weighted by Crippen LogP contribution is -2.42. The minimum atomic E-state index is -0.253. The normalized spacial score (nSPS) is 25.9. The summed E-state index contributed by atoms with van der Waals surface area (Å²) in [7, 11) is 1.70. The predicted octanol–water partition coefficient (Wildman–Crippen LogP) is 4.51. The molecule has 3 atom stereocenters. The number of hydrogen-bond acceptors (Lipinski definition) is 3. The number of methoxy groups -OCH3 is 1. The summed E-state index contributed by atoms with van der Waals surface area (Å²) in [6.07, 6.45) is 1.62. The Bertz CT molecular complexity index is 1020. The molecule has 1 saturated carbocycles. The minimum Gasteiger partial charge on any atom is -0.497 e. The predicted molar refractivity (Wildman–Crippen MR) is 118 cm³/mol. The molecule has 1 saturated heterocycles. The van der Waals surface area contributed by atoms with Crippen molar-refractivity contribution >= 4 is 0 Å². The fourth-order valence-electron chi connectivity index (χ4n) is 5.17. The molecule has 5 rings (SSSR count). The van der Waals surface area contributed by atoms with Crippen LogP contribution in [0, 0.1) is 5.92 Å². The Kier molecular flexibility index (Phi) is 5.07. The van der Waals surface area contributed by atoms with Crippen molar-refractivity contribution in [3.05, 3.63) is 90.0 Å². The van der Waals surface area contributed by atoms with Crippen molar-refractivity contribution < 1.29 is 14.7 Å². The molecular weight excluding hydrogens is 374 g/mol. The number of ether oxygens (including phenoxy) is 1. The lowest BCUT2D eigenvalue weighted by Gasteiger charge is -2.36. The molecule has 3 unspecified atom stereocenters. The Balaban J connectivity index is 1.55. The van der Waals surface area contributed by atoms with Crippen molar-refractivity contribution in [2.45, 2.75) is 31.0 Å². The first-order valence-electron chi connectivity index (χ1n) is 10.6. The van der Waals surface area contributed by atoms with E-state index in [0.717, 1.165) is 30.7 Å². The van der Waals surface area contributed by atoms with E-state index in [4.69, 9.17) is 14.7 Å². The molecule has 2 aliphatic rings. The van der Waals surface area contributed by atoms with Gasteiger partial charge in [0.2, 0.25) is 0 Å². The van der Waals surface area contributed by atoms with Gasteiger partial charge in [-0.1, -0.05) is 60.7 Å². The third kappa shape index (κ3) is 3.31. The molecule has 0 bridgehead atoms. The van der Waals surface area contributed by atoms with Gasteiger partial charge in [-0.2, -0.15) is 5.06 Å². The second-order valence-electron chi connectivity index (χ2n) is 8.39. The molecule has 4 nitrogen and oxygen atoms in total. The molecule has 3 aromatic rings. The molecule has 30 heavy (non-hydrogen) atoms. The summed E-state index contributed by atoms with van der Waals surface area (Å²) in [5.74, 6) is 1.19. The van der Waals surface area contributed by atoms with E-state index in [2.05, 4.69) is 65.7 Å². The summed E-state index contributed by atoms with van der Waals surface area (Å²) in [5.41, 5.74) is 4.53. The van der Waals surface area contributed by atoms with Crippen molar-refractivity contribution in [3.8, 4) is 16.9 Å². The molecule has 0 aromatic heterocycles. The zero-order valence-electron chi connectivity index (χ0n) is 17.3. The van der Waals surface area contributed by atoms with Gasteiger partial charge in [0.1, 0.15) is 5.75 Å². The first kappa shape index (κ1) is 19.3. The minimum absolute atomic E-state index is 0.0577. The zero-order chi connectivity index (χ0) is 20.6. The van der Waals surface area contributed by atoms with Crippen LogP contribution in [-0.2, 0) is 16.9 Å². The molecule has 2 fully saturated rings. The smallest absolute Gasteiger partial charge is 0.156 e. The SMILES string of the molecule is COc1cccc(-c2cccc(C34CC([OH2+])CC3CON4Cc3ccccc3)c2)c1. The third-order valence-electron chi connectivity index (χ3n) is 6.61. The molecule has 1 aliphatic heterocycles. The monoisotopic (exact) mass is 402 g/mol. The van der Waals surface area contributed by atoms with Crippen molar-refractivity contribution in [1.82, 2.24) is 5.06 Å². The Labute approximate surface area is 177 Å². The summed E-state index contributed by atoms with van der Waals surface area (Å²) in [6.45, 7) is 1.42. The summed E-state index contributed by atoms with van der Waals surface area (Å²) in [5, 5.41) is 10.7. The van der Waals surface area contributed by atoms with Crippen LogP contribution in [0.15, 0.2) is 78.9 Å². The molecule has 4 heteroatoms. The van der Waals surface area contributed by atoms with E-state index in [9.17, 15) is 0 Å². The van der Waals surface area contributed by atoms with E-state index in [1.54, 1.807) is 7.11 Å². The van der Waals surface area contributed by atoms with Gasteiger partial charge in [0.25, 0.3) is 0 Å². The van der Waals surface area contributed by atoms with Crippen molar-refractivity contribution in [2.75, 3.05) is 13.7 Å². The van der Waals surface area contributed by atoms with Crippen LogP contribution in [-0.4, -0.2) is 30.0 Å². The first-order valence-corrected chi connectivity index (χ1v) is 10.6. The quantitative estimate of drug-likeness (QED) is 0.590. The van der Waals surface area contributed by atoms with Gasteiger partial charge in [-0.05, 0) is 40.5 Å². The largest absolute Gasteiger partial charge is 0.497 e. The fraction of sp³-hybridized carbons (Fsp3) is 0.308. The standard InChI is InChI=1S/C26H27NO3/c1-29-25-12-6-10-21(14-25)20-9-5-11-22(13-20)26-16-24(28)15-23(26)18-30-27(26)17-19-7-3-2-4-8-19/h2-14,23-24,28H,15-18H2,1H3/p+1. The third-order valence-corrected chi connectivity index (χ3v) is 6.61. The maximum Gasteiger partial charge on any atom is 0.156 e. The number of hydrogen-bond donors (Lipinski definition) is 0. The number of fused-ring (bicyclic) bond motifs is 1. The van der Waals surface area contributed by atoms with Gasteiger partial charge in [0.15, 0.2) is 6.10 Å². The van der Waals surface area contributed by atoms with E-state index in [1.807, 2.05) is 18.2 Å². The van der Waals surface area contributed by atoms with E-state index in [1.165, 1.54) is 16.7 Å². The highest BCUT2D eigenvalue weighted by molar-refractivity contribution is 5.66. The number of benzene rings is 3. The van der Waals surface area contributed by atoms with E-state index >= 15 is 0 Å². The van der Waals surface area contributed by atoms with Crippen LogP contribution >= 0.6 is 0 Å². The van der Waals surface area contributed by atoms with Crippen molar-refractivity contribution in [1.29, 1.82) is 0 Å². The van der Waals surface area contributed by atoms with Gasteiger partial charge in [0.05, 0.1) is 25.8 Å². The van der Waals surface area contributed by atoms with Gasteiger partial charge in [0, 0.05) is 18.8 Å². The van der Waals surface area contributed by atoms with Gasteiger partial charge >= 0.3 is 0 Å². The summed E-state index contributed by atoms with van der Waals surface area (Å²) in [4.78, 5) is 6.24. The Morgan fingerprint density at radius 3 is 2.57 bits per heavy atom. The molecule has 3 aromatic carbocycles. The first-order chi connectivity index (χ1) is 14.7. The van der Waals surface area contributed by atoms with E-state index in [0.29, 0.717) is 12.5 Å². The van der Waals surface area contributed by atoms with Crippen LogP contribution in [0.1, 0.15) is 24.0 Å². The summed E-state index contributed by atoms with van der Waals surface area (Å²) < 4.78 is 5.42. The lowest BCUT2D eigenvalue weighted by atomic mass is 9.80. The summed E-state index contributed by atoms with van der Waals surface area (Å²) >= 11 is 0. The highest BCUT2D eigenvalue weighted by atomic mass is 16.7. The van der Waals surface area contributed by atoms with Gasteiger partial charge < -0.3 is 9.84 Å². The average molecular weight is 403 g/mol.